The molecule has 0 aliphatic heterocycles. The number of hydrogen-bond donors (Lipinski definition) is 1. The van der Waals surface area contributed by atoms with Crippen molar-refractivity contribution in [3.05, 3.63) is 22.6 Å². The van der Waals surface area contributed by atoms with Crippen molar-refractivity contribution in [3.8, 4) is 0 Å². The van der Waals surface area contributed by atoms with Crippen molar-refractivity contribution in [2.24, 2.45) is 0 Å². The Labute approximate surface area is 99.3 Å². The third kappa shape index (κ3) is 3.97. The lowest BCUT2D eigenvalue weighted by Gasteiger charge is -2.15. The van der Waals surface area contributed by atoms with Crippen LogP contribution in [-0.2, 0) is 4.74 Å². The quantitative estimate of drug-likeness (QED) is 0.777. The van der Waals surface area contributed by atoms with Crippen LogP contribution in [0.2, 0.25) is 0 Å². The summed E-state index contributed by atoms with van der Waals surface area (Å²) in [6.07, 6.45) is 2.62. The smallest absolute Gasteiger partial charge is 0.134 e. The van der Waals surface area contributed by atoms with E-state index in [-0.39, 0.29) is 6.04 Å². The molecule has 3 nitrogen and oxygen atoms in total. The first-order valence-electron chi connectivity index (χ1n) is 5.33. The van der Waals surface area contributed by atoms with Gasteiger partial charge in [0.05, 0.1) is 16.8 Å². The average molecular weight is 276 g/mol. The Morgan fingerprint density at radius 3 is 2.87 bits per heavy atom. The van der Waals surface area contributed by atoms with E-state index in [9.17, 15) is 0 Å². The Balaban J connectivity index is 2.53. The molecule has 86 valence electrons. The molecule has 1 aromatic rings. The van der Waals surface area contributed by atoms with Crippen LogP contribution in [0.5, 0.6) is 0 Å². The van der Waals surface area contributed by atoms with Crippen LogP contribution in [0.25, 0.3) is 0 Å². The van der Waals surface area contributed by atoms with E-state index >= 15 is 0 Å². The maximum Gasteiger partial charge on any atom is 0.134 e. The molecule has 0 radical (unpaired) electrons. The lowest BCUT2D eigenvalue weighted by molar-refractivity contribution is 0.134. The van der Waals surface area contributed by atoms with E-state index in [0.29, 0.717) is 0 Å². The maximum absolute atomic E-state index is 5.44. The van der Waals surface area contributed by atoms with Gasteiger partial charge in [0.15, 0.2) is 0 Å². The summed E-state index contributed by atoms with van der Waals surface area (Å²) < 4.78 is 11.8. The summed E-state index contributed by atoms with van der Waals surface area (Å²) in [4.78, 5) is 0. The second-order valence-electron chi connectivity index (χ2n) is 3.23. The number of ether oxygens (including phenoxy) is 1. The molecule has 0 aliphatic carbocycles. The number of rotatable bonds is 7. The molecule has 0 spiro atoms. The van der Waals surface area contributed by atoms with Gasteiger partial charge < -0.3 is 14.5 Å². The minimum absolute atomic E-state index is 0.228. The van der Waals surface area contributed by atoms with Crippen molar-refractivity contribution in [2.45, 2.75) is 26.3 Å². The van der Waals surface area contributed by atoms with E-state index in [1.807, 2.05) is 13.0 Å². The van der Waals surface area contributed by atoms with Crippen molar-refractivity contribution in [1.29, 1.82) is 0 Å². The molecular weight excluding hydrogens is 258 g/mol. The number of halogens is 1. The van der Waals surface area contributed by atoms with E-state index < -0.39 is 0 Å². The lowest BCUT2D eigenvalue weighted by Crippen LogP contribution is -2.22. The summed E-state index contributed by atoms with van der Waals surface area (Å²) in [5.74, 6) is 0.955. The fourth-order valence-electron chi connectivity index (χ4n) is 1.47. The Morgan fingerprint density at radius 2 is 2.33 bits per heavy atom. The van der Waals surface area contributed by atoms with Gasteiger partial charge in [-0.25, -0.2) is 0 Å². The van der Waals surface area contributed by atoms with Gasteiger partial charge >= 0.3 is 0 Å². The third-order valence-corrected chi connectivity index (χ3v) is 2.82. The molecule has 0 fully saturated rings. The van der Waals surface area contributed by atoms with Gasteiger partial charge in [-0.3, -0.25) is 0 Å². The molecule has 0 saturated heterocycles. The highest BCUT2D eigenvalue weighted by molar-refractivity contribution is 9.10. The molecule has 0 aromatic carbocycles. The topological polar surface area (TPSA) is 34.4 Å². The molecule has 1 unspecified atom stereocenters. The molecule has 1 N–H and O–H groups in total. The number of furan rings is 1. The maximum atomic E-state index is 5.44. The first kappa shape index (κ1) is 12.7. The highest BCUT2D eigenvalue weighted by atomic mass is 79.9. The minimum atomic E-state index is 0.228. The largest absolute Gasteiger partial charge is 0.466 e. The van der Waals surface area contributed by atoms with E-state index in [4.69, 9.17) is 9.15 Å². The molecule has 0 bridgehead atoms. The van der Waals surface area contributed by atoms with Crippen LogP contribution in [-0.4, -0.2) is 19.8 Å². The van der Waals surface area contributed by atoms with Gasteiger partial charge in [0.2, 0.25) is 0 Å². The number of nitrogens with one attached hydrogen (secondary N) is 1. The van der Waals surface area contributed by atoms with Crippen molar-refractivity contribution >= 4 is 15.9 Å². The molecule has 15 heavy (non-hydrogen) atoms. The minimum Gasteiger partial charge on any atom is -0.466 e. The van der Waals surface area contributed by atoms with Crippen LogP contribution < -0.4 is 5.32 Å². The Bertz CT molecular complexity index is 275. The Morgan fingerprint density at radius 1 is 1.53 bits per heavy atom. The zero-order valence-corrected chi connectivity index (χ0v) is 10.8. The molecular formula is C11H18BrNO2. The SMILES string of the molecule is CCNC(CCOCC)c1occc1Br. The van der Waals surface area contributed by atoms with Gasteiger partial charge in [-0.2, -0.15) is 0 Å². The van der Waals surface area contributed by atoms with Crippen molar-refractivity contribution < 1.29 is 9.15 Å². The third-order valence-electron chi connectivity index (χ3n) is 2.17. The van der Waals surface area contributed by atoms with Gasteiger partial charge in [-0.1, -0.05) is 6.92 Å². The highest BCUT2D eigenvalue weighted by Gasteiger charge is 2.16. The lowest BCUT2D eigenvalue weighted by atomic mass is 10.1. The van der Waals surface area contributed by atoms with Crippen LogP contribution in [0.3, 0.4) is 0 Å². The van der Waals surface area contributed by atoms with Crippen molar-refractivity contribution in [1.82, 2.24) is 5.32 Å². The van der Waals surface area contributed by atoms with Crippen LogP contribution in [0.15, 0.2) is 21.2 Å². The first-order valence-corrected chi connectivity index (χ1v) is 6.12. The first-order chi connectivity index (χ1) is 7.29. The molecule has 1 rings (SSSR count). The van der Waals surface area contributed by atoms with Gasteiger partial charge in [0, 0.05) is 13.2 Å². The summed E-state index contributed by atoms with van der Waals surface area (Å²) >= 11 is 3.47. The van der Waals surface area contributed by atoms with Gasteiger partial charge in [0.1, 0.15) is 5.76 Å². The fourth-order valence-corrected chi connectivity index (χ4v) is 1.95. The highest BCUT2D eigenvalue weighted by Crippen LogP contribution is 2.26. The summed E-state index contributed by atoms with van der Waals surface area (Å²) in [6, 6.07) is 2.14. The molecule has 4 heteroatoms. The monoisotopic (exact) mass is 275 g/mol. The van der Waals surface area contributed by atoms with E-state index in [2.05, 4.69) is 28.2 Å². The zero-order chi connectivity index (χ0) is 11.1. The second kappa shape index (κ2) is 7.04. The molecule has 0 saturated carbocycles. The van der Waals surface area contributed by atoms with Gasteiger partial charge in [-0.15, -0.1) is 0 Å². The molecule has 1 heterocycles. The zero-order valence-electron chi connectivity index (χ0n) is 9.25. The van der Waals surface area contributed by atoms with Crippen molar-refractivity contribution in [2.75, 3.05) is 19.8 Å². The predicted octanol–water partition coefficient (Wildman–Crippen LogP) is 3.12. The van der Waals surface area contributed by atoms with E-state index in [1.165, 1.54) is 0 Å². The molecule has 0 aliphatic rings. The average Bonchev–Trinajstić information content (AvgIpc) is 2.64. The fraction of sp³-hybridized carbons (Fsp3) is 0.636. The summed E-state index contributed by atoms with van der Waals surface area (Å²) in [7, 11) is 0. The Hall–Kier alpha value is -0.320. The molecule has 0 amide bonds. The Kier molecular flexibility index (Phi) is 5.98. The van der Waals surface area contributed by atoms with E-state index in [0.717, 1.165) is 36.4 Å². The number of hydrogen-bond acceptors (Lipinski definition) is 3. The summed E-state index contributed by atoms with van der Waals surface area (Å²) in [5, 5.41) is 3.38. The predicted molar refractivity (Wildman–Crippen MR) is 63.9 cm³/mol. The summed E-state index contributed by atoms with van der Waals surface area (Å²) in [6.45, 7) is 6.53. The van der Waals surface area contributed by atoms with Crippen molar-refractivity contribution in [3.63, 3.8) is 0 Å². The van der Waals surface area contributed by atoms with Crippen LogP contribution >= 0.6 is 15.9 Å². The standard InChI is InChI=1S/C11H18BrNO2/c1-3-13-10(6-7-14-4-2)11-9(12)5-8-15-11/h5,8,10,13H,3-4,6-7H2,1-2H3. The summed E-state index contributed by atoms with van der Waals surface area (Å²) in [5.41, 5.74) is 0. The van der Waals surface area contributed by atoms with E-state index in [1.54, 1.807) is 6.26 Å². The van der Waals surface area contributed by atoms with Gasteiger partial charge in [-0.05, 0) is 41.9 Å². The molecule has 1 aromatic heterocycles. The second-order valence-corrected chi connectivity index (χ2v) is 4.08. The van der Waals surface area contributed by atoms with Crippen LogP contribution in [0.1, 0.15) is 32.1 Å². The van der Waals surface area contributed by atoms with Gasteiger partial charge in [0.25, 0.3) is 0 Å². The molecule has 1 atom stereocenters. The normalized spacial score (nSPS) is 13.0. The van der Waals surface area contributed by atoms with Crippen LogP contribution in [0, 0.1) is 0 Å². The van der Waals surface area contributed by atoms with Crippen LogP contribution in [0.4, 0.5) is 0 Å².